The van der Waals surface area contributed by atoms with Crippen molar-refractivity contribution < 1.29 is 18.7 Å². The van der Waals surface area contributed by atoms with Gasteiger partial charge in [-0.05, 0) is 42.7 Å². The molecule has 1 aromatic carbocycles. The van der Waals surface area contributed by atoms with Crippen LogP contribution in [0.4, 0.5) is 4.39 Å². The van der Waals surface area contributed by atoms with Crippen molar-refractivity contribution in [2.45, 2.75) is 38.5 Å². The second kappa shape index (κ2) is 11.2. The summed E-state index contributed by atoms with van der Waals surface area (Å²) >= 11 is 1.57. The van der Waals surface area contributed by atoms with Gasteiger partial charge in [0.25, 0.3) is 0 Å². The van der Waals surface area contributed by atoms with Crippen molar-refractivity contribution in [3.63, 3.8) is 0 Å². The van der Waals surface area contributed by atoms with Crippen LogP contribution >= 0.6 is 11.8 Å². The highest BCUT2D eigenvalue weighted by Crippen LogP contribution is 2.11. The van der Waals surface area contributed by atoms with Gasteiger partial charge in [-0.3, -0.25) is 9.59 Å². The number of carbonyl (C=O) groups is 2. The van der Waals surface area contributed by atoms with Crippen LogP contribution in [0.5, 0.6) is 0 Å². The number of benzene rings is 1. The molecule has 1 rings (SSSR count). The minimum atomic E-state index is -0.466. The first-order chi connectivity index (χ1) is 10.6. The summed E-state index contributed by atoms with van der Waals surface area (Å²) in [6.45, 7) is 0. The maximum absolute atomic E-state index is 12.7. The van der Waals surface area contributed by atoms with Crippen LogP contribution < -0.4 is 0 Å². The van der Waals surface area contributed by atoms with E-state index in [4.69, 9.17) is 0 Å². The third-order valence-electron chi connectivity index (χ3n) is 3.25. The molecule has 0 aliphatic rings. The van der Waals surface area contributed by atoms with Gasteiger partial charge in [-0.15, -0.1) is 0 Å². The Morgan fingerprint density at radius 1 is 1.09 bits per heavy atom. The summed E-state index contributed by atoms with van der Waals surface area (Å²) in [7, 11) is 1.29. The van der Waals surface area contributed by atoms with Gasteiger partial charge in [0.1, 0.15) is 12.2 Å². The average Bonchev–Trinajstić information content (AvgIpc) is 2.51. The largest absolute Gasteiger partial charge is 0.469 e. The van der Waals surface area contributed by atoms with E-state index < -0.39 is 5.97 Å². The lowest BCUT2D eigenvalue weighted by Gasteiger charge is -2.03. The van der Waals surface area contributed by atoms with Gasteiger partial charge in [-0.1, -0.05) is 25.0 Å². The molecule has 0 heterocycles. The number of carbonyl (C=O) groups excluding carboxylic acids is 2. The van der Waals surface area contributed by atoms with Gasteiger partial charge in [-0.2, -0.15) is 11.8 Å². The zero-order valence-electron chi connectivity index (χ0n) is 13.0. The van der Waals surface area contributed by atoms with Crippen molar-refractivity contribution in [1.82, 2.24) is 0 Å². The zero-order valence-corrected chi connectivity index (χ0v) is 13.8. The van der Waals surface area contributed by atoms with E-state index >= 15 is 0 Å². The molecule has 1 aromatic rings. The first-order valence-electron chi connectivity index (χ1n) is 7.52. The fraction of sp³-hybridized carbons (Fsp3) is 0.529. The smallest absolute Gasteiger partial charge is 0.313 e. The molecule has 0 aliphatic heterocycles. The van der Waals surface area contributed by atoms with Gasteiger partial charge < -0.3 is 4.74 Å². The minimum Gasteiger partial charge on any atom is -0.469 e. The first kappa shape index (κ1) is 18.7. The van der Waals surface area contributed by atoms with Crippen LogP contribution in [0.15, 0.2) is 24.3 Å². The molecule has 22 heavy (non-hydrogen) atoms. The highest BCUT2D eigenvalue weighted by molar-refractivity contribution is 7.99. The van der Waals surface area contributed by atoms with E-state index in [1.165, 1.54) is 24.8 Å². The Kier molecular flexibility index (Phi) is 9.55. The lowest BCUT2D eigenvalue weighted by molar-refractivity contribution is -0.142. The number of hydrogen-bond acceptors (Lipinski definition) is 4. The number of methoxy groups -OCH3 is 1. The first-order valence-corrected chi connectivity index (χ1v) is 8.68. The van der Waals surface area contributed by atoms with Crippen molar-refractivity contribution in [2.24, 2.45) is 0 Å². The molecule has 0 atom stereocenters. The molecule has 0 aromatic heterocycles. The summed E-state index contributed by atoms with van der Waals surface area (Å²) in [4.78, 5) is 22.3. The SMILES string of the molecule is COC(=O)CC(=O)CSCCCCCCc1ccc(F)cc1. The Balaban J connectivity index is 1.94. The summed E-state index contributed by atoms with van der Waals surface area (Å²) in [5.41, 5.74) is 1.17. The number of ketones is 1. The van der Waals surface area contributed by atoms with Gasteiger partial charge in [0.15, 0.2) is 5.78 Å². The van der Waals surface area contributed by atoms with Crippen molar-refractivity contribution in [3.05, 3.63) is 35.6 Å². The standard InChI is InChI=1S/C17H23FO3S/c1-21-17(20)12-16(19)13-22-11-5-3-2-4-6-14-7-9-15(18)10-8-14/h7-10H,2-6,11-13H2,1H3. The summed E-state index contributed by atoms with van der Waals surface area (Å²) in [6.07, 6.45) is 5.27. The Bertz CT molecular complexity index is 459. The topological polar surface area (TPSA) is 43.4 Å². The van der Waals surface area contributed by atoms with Gasteiger partial charge in [-0.25, -0.2) is 4.39 Å². The molecule has 0 radical (unpaired) electrons. The lowest BCUT2D eigenvalue weighted by Crippen LogP contribution is -2.11. The number of aryl methyl sites for hydroxylation is 1. The van der Waals surface area contributed by atoms with E-state index in [0.717, 1.165) is 37.9 Å². The molecule has 0 aliphatic carbocycles. The Morgan fingerprint density at radius 3 is 2.45 bits per heavy atom. The molecular weight excluding hydrogens is 303 g/mol. The number of halogens is 1. The third kappa shape index (κ3) is 8.82. The summed E-state index contributed by atoms with van der Waals surface area (Å²) in [5, 5.41) is 0. The molecule has 0 amide bonds. The molecule has 0 N–H and O–H groups in total. The lowest BCUT2D eigenvalue weighted by atomic mass is 10.1. The summed E-state index contributed by atoms with van der Waals surface area (Å²) in [5.74, 6) is 0.579. The Morgan fingerprint density at radius 2 is 1.77 bits per heavy atom. The minimum absolute atomic E-state index is 0.0758. The quantitative estimate of drug-likeness (QED) is 0.352. The van der Waals surface area contributed by atoms with Gasteiger partial charge in [0, 0.05) is 0 Å². The van der Waals surface area contributed by atoms with Crippen LogP contribution in [0.25, 0.3) is 0 Å². The number of esters is 1. The number of Topliss-reactive ketones (excluding diaryl/α,β-unsaturated/α-hetero) is 1. The van der Waals surface area contributed by atoms with Crippen LogP contribution in [0, 0.1) is 5.82 Å². The molecule has 0 bridgehead atoms. The maximum Gasteiger partial charge on any atom is 0.313 e. The molecule has 3 nitrogen and oxygen atoms in total. The maximum atomic E-state index is 12.7. The van der Waals surface area contributed by atoms with Crippen LogP contribution in [0.3, 0.4) is 0 Å². The fourth-order valence-electron chi connectivity index (χ4n) is 2.01. The van der Waals surface area contributed by atoms with Crippen molar-refractivity contribution in [1.29, 1.82) is 0 Å². The zero-order chi connectivity index (χ0) is 16.2. The predicted molar refractivity (Wildman–Crippen MR) is 87.5 cm³/mol. The molecule has 0 fully saturated rings. The van der Waals surface area contributed by atoms with E-state index in [9.17, 15) is 14.0 Å². The monoisotopic (exact) mass is 326 g/mol. The van der Waals surface area contributed by atoms with E-state index in [0.29, 0.717) is 5.75 Å². The third-order valence-corrected chi connectivity index (χ3v) is 4.35. The van der Waals surface area contributed by atoms with Crippen LogP contribution in [0.1, 0.15) is 37.7 Å². The molecule has 0 saturated heterocycles. The number of thioether (sulfide) groups is 1. The van der Waals surface area contributed by atoms with E-state index in [1.54, 1.807) is 11.8 Å². The van der Waals surface area contributed by atoms with Crippen LogP contribution in [0.2, 0.25) is 0 Å². The molecule has 5 heteroatoms. The predicted octanol–water partition coefficient (Wildman–Crippen LogP) is 3.79. The number of hydrogen-bond donors (Lipinski definition) is 0. The highest BCUT2D eigenvalue weighted by atomic mass is 32.2. The summed E-state index contributed by atoms with van der Waals surface area (Å²) < 4.78 is 17.2. The molecular formula is C17H23FO3S. The van der Waals surface area contributed by atoms with E-state index in [-0.39, 0.29) is 18.0 Å². The van der Waals surface area contributed by atoms with E-state index in [1.807, 2.05) is 12.1 Å². The van der Waals surface area contributed by atoms with Gasteiger partial charge >= 0.3 is 5.97 Å². The molecule has 0 spiro atoms. The Labute approximate surface area is 135 Å². The second-order valence-electron chi connectivity index (χ2n) is 5.13. The average molecular weight is 326 g/mol. The molecule has 0 saturated carbocycles. The van der Waals surface area contributed by atoms with Gasteiger partial charge in [0.05, 0.1) is 12.9 Å². The van der Waals surface area contributed by atoms with Crippen molar-refractivity contribution >= 4 is 23.5 Å². The number of unbranched alkanes of at least 4 members (excludes halogenated alkanes) is 3. The van der Waals surface area contributed by atoms with Crippen LogP contribution in [-0.2, 0) is 20.7 Å². The van der Waals surface area contributed by atoms with Crippen molar-refractivity contribution in [2.75, 3.05) is 18.6 Å². The van der Waals surface area contributed by atoms with Crippen LogP contribution in [-0.4, -0.2) is 30.4 Å². The Hall–Kier alpha value is -1.36. The normalized spacial score (nSPS) is 10.5. The second-order valence-corrected chi connectivity index (χ2v) is 6.24. The highest BCUT2D eigenvalue weighted by Gasteiger charge is 2.08. The van der Waals surface area contributed by atoms with Crippen molar-refractivity contribution in [3.8, 4) is 0 Å². The fourth-order valence-corrected chi connectivity index (χ4v) is 2.89. The number of rotatable bonds is 11. The number of ether oxygens (including phenoxy) is 1. The van der Waals surface area contributed by atoms with Gasteiger partial charge in [0.2, 0.25) is 0 Å². The molecule has 0 unspecified atom stereocenters. The van der Waals surface area contributed by atoms with E-state index in [2.05, 4.69) is 4.74 Å². The summed E-state index contributed by atoms with van der Waals surface area (Å²) in [6, 6.07) is 6.66. The molecule has 122 valence electrons.